The smallest absolute Gasteiger partial charge is 0.190 e. The summed E-state index contributed by atoms with van der Waals surface area (Å²) in [5.41, 5.74) is 0.722. The van der Waals surface area contributed by atoms with Gasteiger partial charge in [0.15, 0.2) is 11.2 Å². The number of benzene rings is 1. The van der Waals surface area contributed by atoms with Gasteiger partial charge in [-0.2, -0.15) is 0 Å². The van der Waals surface area contributed by atoms with Gasteiger partial charge < -0.3 is 9.72 Å². The number of halogens is 1. The number of rotatable bonds is 3. The minimum Gasteiger partial charge on any atom is -0.497 e. The number of hydrogen-bond donors (Lipinski definition) is 1. The van der Waals surface area contributed by atoms with Gasteiger partial charge >= 0.3 is 0 Å². The lowest BCUT2D eigenvalue weighted by Gasteiger charge is -2.04. The average molecular weight is 296 g/mol. The normalized spacial score (nSPS) is 10.5. The summed E-state index contributed by atoms with van der Waals surface area (Å²) in [5.74, 6) is 0.475. The molecule has 0 aliphatic heterocycles. The molecule has 2 aromatic rings. The van der Waals surface area contributed by atoms with Crippen LogP contribution in [0.1, 0.15) is 10.5 Å². The molecule has 1 heterocycles. The van der Waals surface area contributed by atoms with Crippen LogP contribution in [0.5, 0.6) is 5.75 Å². The van der Waals surface area contributed by atoms with Crippen LogP contribution >= 0.6 is 15.9 Å². The van der Waals surface area contributed by atoms with Gasteiger partial charge in [0.25, 0.3) is 0 Å². The van der Waals surface area contributed by atoms with E-state index in [9.17, 15) is 9.59 Å². The number of Topliss-reactive ketones (excluding diaryl/α,β-unsaturated/α-hetero) is 1. The van der Waals surface area contributed by atoms with Crippen LogP contribution in [0.2, 0.25) is 0 Å². The number of carbonyl (C=O) groups excluding carboxylic acids is 1. The molecule has 88 valence electrons. The fourth-order valence-electron chi connectivity index (χ4n) is 1.58. The molecule has 17 heavy (non-hydrogen) atoms. The van der Waals surface area contributed by atoms with Crippen LogP contribution in [-0.2, 0) is 0 Å². The number of pyridine rings is 1. The van der Waals surface area contributed by atoms with Crippen molar-refractivity contribution in [2.75, 3.05) is 12.4 Å². The second-order valence-electron chi connectivity index (χ2n) is 3.52. The predicted molar refractivity (Wildman–Crippen MR) is 69.2 cm³/mol. The van der Waals surface area contributed by atoms with Crippen LogP contribution in [0.3, 0.4) is 0 Å². The molecular formula is C12H10BrNO3. The highest BCUT2D eigenvalue weighted by Crippen LogP contribution is 2.17. The van der Waals surface area contributed by atoms with Gasteiger partial charge in [-0.1, -0.05) is 15.9 Å². The molecule has 1 N–H and O–H groups in total. The molecule has 0 saturated carbocycles. The molecule has 0 radical (unpaired) electrons. The van der Waals surface area contributed by atoms with E-state index in [1.165, 1.54) is 6.07 Å². The zero-order chi connectivity index (χ0) is 12.4. The van der Waals surface area contributed by atoms with E-state index >= 15 is 0 Å². The van der Waals surface area contributed by atoms with Crippen LogP contribution in [0.4, 0.5) is 0 Å². The first-order valence-corrected chi connectivity index (χ1v) is 6.08. The number of methoxy groups -OCH3 is 1. The number of alkyl halides is 1. The van der Waals surface area contributed by atoms with E-state index in [2.05, 4.69) is 20.9 Å². The van der Waals surface area contributed by atoms with E-state index in [0.29, 0.717) is 22.3 Å². The van der Waals surface area contributed by atoms with Crippen molar-refractivity contribution in [3.05, 3.63) is 40.2 Å². The van der Waals surface area contributed by atoms with E-state index in [1.807, 2.05) is 0 Å². The van der Waals surface area contributed by atoms with Crippen molar-refractivity contribution in [1.29, 1.82) is 0 Å². The zero-order valence-electron chi connectivity index (χ0n) is 9.12. The maximum Gasteiger partial charge on any atom is 0.190 e. The third kappa shape index (κ3) is 2.24. The van der Waals surface area contributed by atoms with E-state index in [4.69, 9.17) is 4.74 Å². The molecule has 4 nitrogen and oxygen atoms in total. The molecule has 0 atom stereocenters. The number of aromatic amines is 1. The van der Waals surface area contributed by atoms with E-state index < -0.39 is 0 Å². The molecule has 0 aliphatic carbocycles. The Hall–Kier alpha value is -1.62. The molecule has 0 aliphatic rings. The molecule has 0 unspecified atom stereocenters. The lowest BCUT2D eigenvalue weighted by atomic mass is 10.1. The van der Waals surface area contributed by atoms with E-state index in [-0.39, 0.29) is 16.5 Å². The largest absolute Gasteiger partial charge is 0.497 e. The second-order valence-corrected chi connectivity index (χ2v) is 4.08. The van der Waals surface area contributed by atoms with Crippen LogP contribution < -0.4 is 10.2 Å². The zero-order valence-corrected chi connectivity index (χ0v) is 10.7. The maximum atomic E-state index is 11.8. The third-order valence-electron chi connectivity index (χ3n) is 2.46. The lowest BCUT2D eigenvalue weighted by molar-refractivity contribution is 0.101. The summed E-state index contributed by atoms with van der Waals surface area (Å²) < 4.78 is 5.07. The Balaban J connectivity index is 2.70. The molecule has 1 aromatic heterocycles. The van der Waals surface area contributed by atoms with Crippen molar-refractivity contribution in [2.24, 2.45) is 0 Å². The van der Waals surface area contributed by atoms with Crippen LogP contribution in [0, 0.1) is 0 Å². The topological polar surface area (TPSA) is 59.2 Å². The highest BCUT2D eigenvalue weighted by molar-refractivity contribution is 9.09. The predicted octanol–water partition coefficient (Wildman–Crippen LogP) is 2.11. The molecule has 2 rings (SSSR count). The molecule has 0 amide bonds. The van der Waals surface area contributed by atoms with E-state index in [0.717, 1.165) is 0 Å². The Morgan fingerprint density at radius 3 is 2.82 bits per heavy atom. The van der Waals surface area contributed by atoms with Gasteiger partial charge in [0.1, 0.15) is 5.75 Å². The minimum absolute atomic E-state index is 0.160. The van der Waals surface area contributed by atoms with Gasteiger partial charge in [-0.05, 0) is 12.1 Å². The summed E-state index contributed by atoms with van der Waals surface area (Å²) in [6.45, 7) is 0. The molecule has 0 bridgehead atoms. The minimum atomic E-state index is -0.175. The average Bonchev–Trinajstić information content (AvgIpc) is 2.36. The molecular weight excluding hydrogens is 286 g/mol. The summed E-state index contributed by atoms with van der Waals surface area (Å²) >= 11 is 3.07. The fourth-order valence-corrected chi connectivity index (χ4v) is 1.88. The Bertz CT molecular complexity index is 633. The van der Waals surface area contributed by atoms with Crippen molar-refractivity contribution in [3.63, 3.8) is 0 Å². The molecule has 5 heteroatoms. The fraction of sp³-hybridized carbons (Fsp3) is 0.167. The van der Waals surface area contributed by atoms with Crippen molar-refractivity contribution < 1.29 is 9.53 Å². The summed E-state index contributed by atoms with van der Waals surface area (Å²) in [6, 6.07) is 6.40. The van der Waals surface area contributed by atoms with Gasteiger partial charge in [-0.15, -0.1) is 0 Å². The van der Waals surface area contributed by atoms with Gasteiger partial charge in [-0.25, -0.2) is 0 Å². The maximum absolute atomic E-state index is 11.8. The third-order valence-corrected chi connectivity index (χ3v) is 2.97. The van der Waals surface area contributed by atoms with Gasteiger partial charge in [0, 0.05) is 17.5 Å². The van der Waals surface area contributed by atoms with Gasteiger partial charge in [0.05, 0.1) is 23.7 Å². The summed E-state index contributed by atoms with van der Waals surface area (Å²) in [4.78, 5) is 26.2. The van der Waals surface area contributed by atoms with Gasteiger partial charge in [0.2, 0.25) is 0 Å². The molecule has 0 spiro atoms. The summed E-state index contributed by atoms with van der Waals surface area (Å²) in [6.07, 6.45) is 0. The lowest BCUT2D eigenvalue weighted by Crippen LogP contribution is -2.10. The number of ketones is 1. The van der Waals surface area contributed by atoms with E-state index in [1.54, 1.807) is 25.3 Å². The SMILES string of the molecule is COc1ccc2c(=O)cc(C(=O)CBr)[nH]c2c1. The highest BCUT2D eigenvalue weighted by atomic mass is 79.9. The Morgan fingerprint density at radius 1 is 1.41 bits per heavy atom. The molecule has 0 fully saturated rings. The molecule has 0 saturated heterocycles. The highest BCUT2D eigenvalue weighted by Gasteiger charge is 2.08. The Morgan fingerprint density at radius 2 is 2.18 bits per heavy atom. The van der Waals surface area contributed by atoms with Crippen LogP contribution in [-0.4, -0.2) is 23.2 Å². The number of hydrogen-bond acceptors (Lipinski definition) is 3. The first-order valence-electron chi connectivity index (χ1n) is 4.96. The summed E-state index contributed by atoms with van der Waals surface area (Å²) in [5, 5.41) is 0.718. The number of carbonyl (C=O) groups is 1. The number of ether oxygens (including phenoxy) is 1. The Kier molecular flexibility index (Phi) is 3.28. The quantitative estimate of drug-likeness (QED) is 0.697. The Labute approximate surface area is 106 Å². The number of fused-ring (bicyclic) bond motifs is 1. The molecule has 1 aromatic carbocycles. The first kappa shape index (κ1) is 11.9. The number of H-pyrrole nitrogens is 1. The van der Waals surface area contributed by atoms with Crippen molar-refractivity contribution in [3.8, 4) is 5.75 Å². The van der Waals surface area contributed by atoms with Crippen LogP contribution in [0.15, 0.2) is 29.1 Å². The standard InChI is InChI=1S/C12H10BrNO3/c1-17-7-2-3-8-9(4-7)14-10(5-11(8)15)12(16)6-13/h2-5H,6H2,1H3,(H,14,15). The summed E-state index contributed by atoms with van der Waals surface area (Å²) in [7, 11) is 1.55. The van der Waals surface area contributed by atoms with Crippen molar-refractivity contribution in [2.45, 2.75) is 0 Å². The first-order chi connectivity index (χ1) is 8.15. The van der Waals surface area contributed by atoms with Gasteiger partial charge in [-0.3, -0.25) is 9.59 Å². The monoisotopic (exact) mass is 295 g/mol. The van der Waals surface area contributed by atoms with Crippen LogP contribution in [0.25, 0.3) is 10.9 Å². The second kappa shape index (κ2) is 4.71. The number of nitrogens with one attached hydrogen (secondary N) is 1. The number of aromatic nitrogens is 1. The van der Waals surface area contributed by atoms with Crippen molar-refractivity contribution >= 4 is 32.6 Å². The van der Waals surface area contributed by atoms with Crippen molar-refractivity contribution in [1.82, 2.24) is 4.98 Å².